The van der Waals surface area contributed by atoms with Crippen LogP contribution in [0.25, 0.3) is 0 Å². The number of hydrogen-bond donors (Lipinski definition) is 1. The molecule has 0 N–H and O–H groups in total. The fourth-order valence-corrected chi connectivity index (χ4v) is 1.25. The molecule has 0 radical (unpaired) electrons. The summed E-state index contributed by atoms with van der Waals surface area (Å²) < 4.78 is 5.97. The maximum Gasteiger partial charge on any atom is 0.418 e. The highest BCUT2D eigenvalue weighted by Crippen LogP contribution is 2.04. The Kier molecular flexibility index (Phi) is 4.84. The van der Waals surface area contributed by atoms with Crippen molar-refractivity contribution in [2.45, 2.75) is 6.61 Å². The second kappa shape index (κ2) is 6.15. The summed E-state index contributed by atoms with van der Waals surface area (Å²) in [6.45, 7) is 0.133. The molecule has 0 spiro atoms. The molecule has 0 aliphatic rings. The number of urea groups is 1. The minimum absolute atomic E-state index is 0.133. The topological polar surface area (TPSA) is 49.9 Å². The van der Waals surface area contributed by atoms with Gasteiger partial charge in [0.25, 0.3) is 0 Å². The van der Waals surface area contributed by atoms with Crippen molar-refractivity contribution in [3.63, 3.8) is 0 Å². The Labute approximate surface area is 106 Å². The Hall–Kier alpha value is -1.69. The Morgan fingerprint density at radius 2 is 1.82 bits per heavy atom. The fraction of sp³-hybridized carbons (Fsp3) is 0.273. The zero-order valence-corrected chi connectivity index (χ0v) is 10.6. The van der Waals surface area contributed by atoms with E-state index < -0.39 is 12.1 Å². The zero-order valence-electron chi connectivity index (χ0n) is 9.66. The molecule has 0 saturated carbocycles. The molecule has 1 aromatic carbocycles. The molecule has 0 heterocycles. The molecule has 0 bridgehead atoms. The lowest BCUT2D eigenvalue weighted by Gasteiger charge is -2.18. The van der Waals surface area contributed by atoms with Gasteiger partial charge in [-0.2, -0.15) is 0 Å². The molecular formula is C11H14N2O3S. The van der Waals surface area contributed by atoms with E-state index in [9.17, 15) is 9.59 Å². The van der Waals surface area contributed by atoms with Crippen LogP contribution in [0.1, 0.15) is 5.56 Å². The highest BCUT2D eigenvalue weighted by Gasteiger charge is 2.20. The van der Waals surface area contributed by atoms with Gasteiger partial charge in [-0.05, 0) is 5.56 Å². The predicted octanol–water partition coefficient (Wildman–Crippen LogP) is 2.15. The molecule has 0 fully saturated rings. The molecule has 1 rings (SSSR count). The molecular weight excluding hydrogens is 240 g/mol. The first-order valence-corrected chi connectivity index (χ1v) is 5.33. The Balaban J connectivity index is 2.48. The van der Waals surface area contributed by atoms with E-state index >= 15 is 0 Å². The maximum absolute atomic E-state index is 11.5. The van der Waals surface area contributed by atoms with Gasteiger partial charge in [-0.25, -0.2) is 14.5 Å². The molecule has 0 aliphatic heterocycles. The summed E-state index contributed by atoms with van der Waals surface area (Å²) in [5.74, 6) is 0. The number of ether oxygens (including phenoxy) is 1. The molecule has 5 nitrogen and oxygen atoms in total. The number of nitrogens with zero attached hydrogens (tertiary/aromatic N) is 2. The quantitative estimate of drug-likeness (QED) is 0.823. The third kappa shape index (κ3) is 3.99. The van der Waals surface area contributed by atoms with Crippen molar-refractivity contribution in [2.75, 3.05) is 14.1 Å². The molecule has 0 unspecified atom stereocenters. The normalized spacial score (nSPS) is 9.59. The predicted molar refractivity (Wildman–Crippen MR) is 66.5 cm³/mol. The number of imide groups is 1. The van der Waals surface area contributed by atoms with Crippen LogP contribution in [0.4, 0.5) is 9.59 Å². The van der Waals surface area contributed by atoms with Crippen LogP contribution >= 0.6 is 12.8 Å². The number of thiol groups is 1. The number of rotatable bonds is 2. The summed E-state index contributed by atoms with van der Waals surface area (Å²) >= 11 is 3.80. The van der Waals surface area contributed by atoms with Crippen LogP contribution in [0.3, 0.4) is 0 Å². The van der Waals surface area contributed by atoms with Crippen molar-refractivity contribution >= 4 is 24.9 Å². The fourth-order valence-electron chi connectivity index (χ4n) is 1.11. The maximum atomic E-state index is 11.5. The van der Waals surface area contributed by atoms with Crippen molar-refractivity contribution < 1.29 is 14.3 Å². The molecule has 1 aromatic rings. The Bertz CT molecular complexity index is 395. The van der Waals surface area contributed by atoms with E-state index in [1.165, 1.54) is 14.1 Å². The smallest absolute Gasteiger partial charge is 0.418 e. The van der Waals surface area contributed by atoms with Crippen LogP contribution in [0.5, 0.6) is 0 Å². The second-order valence-corrected chi connectivity index (χ2v) is 4.01. The van der Waals surface area contributed by atoms with Gasteiger partial charge < -0.3 is 4.74 Å². The van der Waals surface area contributed by atoms with Crippen molar-refractivity contribution in [3.8, 4) is 0 Å². The van der Waals surface area contributed by atoms with E-state index in [0.29, 0.717) is 0 Å². The lowest BCUT2D eigenvalue weighted by atomic mass is 10.2. The lowest BCUT2D eigenvalue weighted by molar-refractivity contribution is 0.108. The van der Waals surface area contributed by atoms with Crippen LogP contribution in [0.2, 0.25) is 0 Å². The minimum atomic E-state index is -0.709. The van der Waals surface area contributed by atoms with Crippen LogP contribution in [0.15, 0.2) is 30.3 Å². The van der Waals surface area contributed by atoms with E-state index in [-0.39, 0.29) is 6.61 Å². The first-order chi connectivity index (χ1) is 8.02. The lowest BCUT2D eigenvalue weighted by Crippen LogP contribution is -2.38. The summed E-state index contributed by atoms with van der Waals surface area (Å²) in [4.78, 5) is 23.7. The van der Waals surface area contributed by atoms with Crippen LogP contribution < -0.4 is 0 Å². The van der Waals surface area contributed by atoms with Gasteiger partial charge in [0.2, 0.25) is 0 Å². The van der Waals surface area contributed by atoms with Gasteiger partial charge in [0, 0.05) is 14.1 Å². The Morgan fingerprint density at radius 1 is 1.24 bits per heavy atom. The van der Waals surface area contributed by atoms with Gasteiger partial charge in [0.1, 0.15) is 6.61 Å². The molecule has 17 heavy (non-hydrogen) atoms. The highest BCUT2D eigenvalue weighted by molar-refractivity contribution is 7.78. The van der Waals surface area contributed by atoms with Crippen molar-refractivity contribution in [2.24, 2.45) is 0 Å². The average molecular weight is 254 g/mol. The molecule has 0 atom stereocenters. The van der Waals surface area contributed by atoms with E-state index in [1.54, 1.807) is 0 Å². The molecule has 6 heteroatoms. The van der Waals surface area contributed by atoms with Crippen molar-refractivity contribution in [3.05, 3.63) is 35.9 Å². The largest absolute Gasteiger partial charge is 0.444 e. The van der Waals surface area contributed by atoms with Crippen LogP contribution in [0, 0.1) is 0 Å². The number of carbonyl (C=O) groups excluding carboxylic acids is 2. The van der Waals surface area contributed by atoms with E-state index in [2.05, 4.69) is 12.8 Å². The number of benzene rings is 1. The Morgan fingerprint density at radius 3 is 2.35 bits per heavy atom. The van der Waals surface area contributed by atoms with Crippen molar-refractivity contribution in [1.29, 1.82) is 0 Å². The average Bonchev–Trinajstić information content (AvgIpc) is 2.35. The summed E-state index contributed by atoms with van der Waals surface area (Å²) in [5, 5.41) is 0. The van der Waals surface area contributed by atoms with E-state index in [1.807, 2.05) is 30.3 Å². The second-order valence-electron chi connectivity index (χ2n) is 3.41. The van der Waals surface area contributed by atoms with Crippen LogP contribution in [-0.2, 0) is 11.3 Å². The first-order valence-electron chi connectivity index (χ1n) is 4.93. The zero-order chi connectivity index (χ0) is 12.8. The highest BCUT2D eigenvalue weighted by atomic mass is 32.1. The van der Waals surface area contributed by atoms with Gasteiger partial charge in [0.05, 0.1) is 0 Å². The SMILES string of the molecule is CN(S)C(=O)N(C)C(=O)OCc1ccccc1. The van der Waals surface area contributed by atoms with Crippen molar-refractivity contribution in [1.82, 2.24) is 9.21 Å². The van der Waals surface area contributed by atoms with Gasteiger partial charge >= 0.3 is 12.1 Å². The van der Waals surface area contributed by atoms with Gasteiger partial charge in [0.15, 0.2) is 0 Å². The number of amides is 3. The number of carbonyl (C=O) groups is 2. The summed E-state index contributed by atoms with van der Waals surface area (Å²) in [7, 11) is 2.77. The molecule has 0 saturated heterocycles. The van der Waals surface area contributed by atoms with Crippen LogP contribution in [-0.4, -0.2) is 35.4 Å². The monoisotopic (exact) mass is 254 g/mol. The summed E-state index contributed by atoms with van der Waals surface area (Å²) in [6, 6.07) is 8.68. The summed E-state index contributed by atoms with van der Waals surface area (Å²) in [6.07, 6.45) is -0.709. The molecule has 92 valence electrons. The van der Waals surface area contributed by atoms with Gasteiger partial charge in [-0.3, -0.25) is 4.31 Å². The molecule has 0 aliphatic carbocycles. The van der Waals surface area contributed by atoms with Gasteiger partial charge in [-0.15, -0.1) is 0 Å². The summed E-state index contributed by atoms with van der Waals surface area (Å²) in [5.41, 5.74) is 0.862. The molecule has 3 amide bonds. The molecule has 0 aromatic heterocycles. The third-order valence-corrected chi connectivity index (χ3v) is 2.21. The standard InChI is InChI=1S/C11H14N2O3S/c1-12(10(14)13(2)17)11(15)16-8-9-6-4-3-5-7-9/h3-7,17H,8H2,1-2H3. The van der Waals surface area contributed by atoms with E-state index in [0.717, 1.165) is 14.8 Å². The third-order valence-electron chi connectivity index (χ3n) is 2.04. The first kappa shape index (κ1) is 13.4. The van der Waals surface area contributed by atoms with Gasteiger partial charge in [-0.1, -0.05) is 43.1 Å². The minimum Gasteiger partial charge on any atom is -0.444 e. The number of hydrogen-bond acceptors (Lipinski definition) is 4. The van der Waals surface area contributed by atoms with E-state index in [4.69, 9.17) is 4.74 Å².